The van der Waals surface area contributed by atoms with Crippen molar-refractivity contribution in [2.75, 3.05) is 18.0 Å². The van der Waals surface area contributed by atoms with E-state index in [0.29, 0.717) is 5.92 Å². The van der Waals surface area contributed by atoms with Crippen molar-refractivity contribution in [1.82, 2.24) is 20.2 Å². The molecule has 1 aliphatic rings. The Morgan fingerprint density at radius 2 is 1.76 bits per heavy atom. The Balaban J connectivity index is 1.26. The lowest BCUT2D eigenvalue weighted by Gasteiger charge is -2.31. The van der Waals surface area contributed by atoms with E-state index in [0.717, 1.165) is 59.9 Å². The standard InChI is InChI=1S/C23H22FN5/c1-15-2-7-20-21(14-15)26-23(25-20)17-10-12-29(13-11-17)22-9-8-19(27-28-22)16-3-5-18(24)6-4-16/h2-9,14,17H,10-13H2,1H3,(H,25,26). The summed E-state index contributed by atoms with van der Waals surface area (Å²) in [5.41, 5.74) is 5.01. The van der Waals surface area contributed by atoms with Gasteiger partial charge in [0.05, 0.1) is 16.7 Å². The lowest BCUT2D eigenvalue weighted by atomic mass is 9.96. The van der Waals surface area contributed by atoms with Crippen LogP contribution in [0.1, 0.15) is 30.1 Å². The van der Waals surface area contributed by atoms with E-state index in [1.165, 1.54) is 17.7 Å². The van der Waals surface area contributed by atoms with Crippen molar-refractivity contribution >= 4 is 16.9 Å². The maximum absolute atomic E-state index is 13.1. The maximum atomic E-state index is 13.1. The molecule has 3 heterocycles. The van der Waals surface area contributed by atoms with Gasteiger partial charge in [-0.05, 0) is 73.9 Å². The highest BCUT2D eigenvalue weighted by molar-refractivity contribution is 5.76. The average molecular weight is 387 g/mol. The number of aromatic amines is 1. The van der Waals surface area contributed by atoms with Gasteiger partial charge >= 0.3 is 0 Å². The van der Waals surface area contributed by atoms with Gasteiger partial charge in [-0.2, -0.15) is 0 Å². The van der Waals surface area contributed by atoms with Gasteiger partial charge in [0.1, 0.15) is 11.6 Å². The third-order valence-electron chi connectivity index (χ3n) is 5.65. The number of rotatable bonds is 3. The lowest BCUT2D eigenvalue weighted by molar-refractivity contribution is 0.486. The topological polar surface area (TPSA) is 57.7 Å². The fourth-order valence-electron chi connectivity index (χ4n) is 3.99. The van der Waals surface area contributed by atoms with Crippen LogP contribution in [-0.4, -0.2) is 33.3 Å². The Labute approximate surface area is 168 Å². The minimum Gasteiger partial charge on any atom is -0.355 e. The molecule has 5 nitrogen and oxygen atoms in total. The molecule has 29 heavy (non-hydrogen) atoms. The van der Waals surface area contributed by atoms with Crippen molar-refractivity contribution in [1.29, 1.82) is 0 Å². The van der Waals surface area contributed by atoms with Gasteiger partial charge in [-0.1, -0.05) is 6.07 Å². The van der Waals surface area contributed by atoms with E-state index < -0.39 is 0 Å². The zero-order valence-corrected chi connectivity index (χ0v) is 16.3. The number of H-pyrrole nitrogens is 1. The Bertz CT molecular complexity index is 1130. The molecule has 0 aliphatic carbocycles. The second-order valence-corrected chi connectivity index (χ2v) is 7.69. The molecule has 2 aromatic heterocycles. The van der Waals surface area contributed by atoms with Crippen LogP contribution >= 0.6 is 0 Å². The molecule has 1 saturated heterocycles. The molecule has 1 fully saturated rings. The molecule has 1 N–H and O–H groups in total. The monoisotopic (exact) mass is 387 g/mol. The summed E-state index contributed by atoms with van der Waals surface area (Å²) < 4.78 is 13.1. The van der Waals surface area contributed by atoms with Crippen LogP contribution in [0.5, 0.6) is 0 Å². The van der Waals surface area contributed by atoms with Crippen LogP contribution in [0, 0.1) is 12.7 Å². The maximum Gasteiger partial charge on any atom is 0.151 e. The van der Waals surface area contributed by atoms with Gasteiger partial charge in [0, 0.05) is 24.6 Å². The molecule has 0 unspecified atom stereocenters. The minimum atomic E-state index is -0.249. The number of imidazole rings is 1. The fraction of sp³-hybridized carbons (Fsp3) is 0.261. The Hall–Kier alpha value is -3.28. The van der Waals surface area contributed by atoms with Gasteiger partial charge in [0.25, 0.3) is 0 Å². The highest BCUT2D eigenvalue weighted by atomic mass is 19.1. The third-order valence-corrected chi connectivity index (χ3v) is 5.65. The van der Waals surface area contributed by atoms with E-state index in [2.05, 4.69) is 45.2 Å². The summed E-state index contributed by atoms with van der Waals surface area (Å²) in [6.07, 6.45) is 2.06. The van der Waals surface area contributed by atoms with Gasteiger partial charge in [0.2, 0.25) is 0 Å². The zero-order chi connectivity index (χ0) is 19.8. The zero-order valence-electron chi connectivity index (χ0n) is 16.3. The number of aromatic nitrogens is 4. The number of aryl methyl sites for hydroxylation is 1. The molecule has 5 rings (SSSR count). The van der Waals surface area contributed by atoms with Gasteiger partial charge in [-0.3, -0.25) is 0 Å². The second kappa shape index (κ2) is 7.28. The van der Waals surface area contributed by atoms with Crippen LogP contribution in [-0.2, 0) is 0 Å². The smallest absolute Gasteiger partial charge is 0.151 e. The summed E-state index contributed by atoms with van der Waals surface area (Å²) in [7, 11) is 0. The van der Waals surface area contributed by atoms with Gasteiger partial charge in [0.15, 0.2) is 5.82 Å². The third kappa shape index (κ3) is 3.58. The number of hydrogen-bond acceptors (Lipinski definition) is 4. The van der Waals surface area contributed by atoms with E-state index in [1.807, 2.05) is 12.1 Å². The summed E-state index contributed by atoms with van der Waals surface area (Å²) in [6.45, 7) is 3.94. The van der Waals surface area contributed by atoms with Crippen LogP contribution in [0.4, 0.5) is 10.2 Å². The first-order valence-electron chi connectivity index (χ1n) is 9.96. The number of nitrogens with zero attached hydrogens (tertiary/aromatic N) is 4. The van der Waals surface area contributed by atoms with E-state index in [1.54, 1.807) is 12.1 Å². The summed E-state index contributed by atoms with van der Waals surface area (Å²) in [4.78, 5) is 10.6. The van der Waals surface area contributed by atoms with Gasteiger partial charge in [-0.15, -0.1) is 10.2 Å². The highest BCUT2D eigenvalue weighted by Gasteiger charge is 2.24. The van der Waals surface area contributed by atoms with Crippen LogP contribution in [0.3, 0.4) is 0 Å². The van der Waals surface area contributed by atoms with Crippen LogP contribution < -0.4 is 4.90 Å². The first-order chi connectivity index (χ1) is 14.2. The number of halogens is 1. The minimum absolute atomic E-state index is 0.249. The van der Waals surface area contributed by atoms with Crippen LogP contribution in [0.15, 0.2) is 54.6 Å². The molecule has 0 spiro atoms. The van der Waals surface area contributed by atoms with Crippen LogP contribution in [0.2, 0.25) is 0 Å². The highest BCUT2D eigenvalue weighted by Crippen LogP contribution is 2.30. The summed E-state index contributed by atoms with van der Waals surface area (Å²) >= 11 is 0. The van der Waals surface area contributed by atoms with E-state index in [9.17, 15) is 4.39 Å². The summed E-state index contributed by atoms with van der Waals surface area (Å²) in [5, 5.41) is 8.74. The Morgan fingerprint density at radius 3 is 2.48 bits per heavy atom. The molecule has 4 aromatic rings. The van der Waals surface area contributed by atoms with Crippen LogP contribution in [0.25, 0.3) is 22.3 Å². The quantitative estimate of drug-likeness (QED) is 0.546. The van der Waals surface area contributed by atoms with E-state index >= 15 is 0 Å². The summed E-state index contributed by atoms with van der Waals surface area (Å²) in [5.74, 6) is 2.16. The Kier molecular flexibility index (Phi) is 4.46. The van der Waals surface area contributed by atoms with E-state index in [4.69, 9.17) is 4.98 Å². The number of nitrogens with one attached hydrogen (secondary N) is 1. The Morgan fingerprint density at radius 1 is 0.966 bits per heavy atom. The molecular weight excluding hydrogens is 365 g/mol. The molecule has 1 aliphatic heterocycles. The average Bonchev–Trinajstić information content (AvgIpc) is 3.18. The van der Waals surface area contributed by atoms with Crippen molar-refractivity contribution < 1.29 is 4.39 Å². The molecule has 0 saturated carbocycles. The SMILES string of the molecule is Cc1ccc2nc(C3CCN(c4ccc(-c5ccc(F)cc5)nn4)CC3)[nH]c2c1. The number of benzene rings is 2. The van der Waals surface area contributed by atoms with Crippen molar-refractivity contribution in [3.05, 3.63) is 71.8 Å². The lowest BCUT2D eigenvalue weighted by Crippen LogP contribution is -2.33. The van der Waals surface area contributed by atoms with Crippen molar-refractivity contribution in [2.45, 2.75) is 25.7 Å². The first-order valence-corrected chi connectivity index (χ1v) is 9.96. The van der Waals surface area contributed by atoms with Gasteiger partial charge in [-0.25, -0.2) is 9.37 Å². The van der Waals surface area contributed by atoms with E-state index in [-0.39, 0.29) is 5.82 Å². The molecular formula is C23H22FN5. The summed E-state index contributed by atoms with van der Waals surface area (Å²) in [6, 6.07) is 16.6. The number of fused-ring (bicyclic) bond motifs is 1. The number of piperidine rings is 1. The van der Waals surface area contributed by atoms with Gasteiger partial charge < -0.3 is 9.88 Å². The molecule has 146 valence electrons. The first kappa shape index (κ1) is 17.8. The van der Waals surface area contributed by atoms with Crippen molar-refractivity contribution in [3.8, 4) is 11.3 Å². The number of hydrogen-bond donors (Lipinski definition) is 1. The predicted octanol–water partition coefficient (Wildman–Crippen LogP) is 4.85. The molecule has 6 heteroatoms. The van der Waals surface area contributed by atoms with Crippen molar-refractivity contribution in [2.24, 2.45) is 0 Å². The molecule has 0 radical (unpaired) electrons. The molecule has 0 amide bonds. The fourth-order valence-corrected chi connectivity index (χ4v) is 3.99. The largest absolute Gasteiger partial charge is 0.355 e. The molecule has 0 atom stereocenters. The van der Waals surface area contributed by atoms with Crippen molar-refractivity contribution in [3.63, 3.8) is 0 Å². The molecule has 0 bridgehead atoms. The predicted molar refractivity (Wildman–Crippen MR) is 112 cm³/mol. The normalized spacial score (nSPS) is 15.2. The number of anilines is 1. The molecule has 2 aromatic carbocycles. The second-order valence-electron chi connectivity index (χ2n) is 7.69.